The van der Waals surface area contributed by atoms with Crippen LogP contribution in [0.2, 0.25) is 0 Å². The lowest BCUT2D eigenvalue weighted by atomic mass is 10.2. The maximum absolute atomic E-state index is 10.8. The van der Waals surface area contributed by atoms with Crippen LogP contribution in [0.3, 0.4) is 0 Å². The Kier molecular flexibility index (Phi) is 1.79. The molecule has 1 aliphatic heterocycles. The van der Waals surface area contributed by atoms with E-state index in [0.29, 0.717) is 0 Å². The van der Waals surface area contributed by atoms with Crippen molar-refractivity contribution in [3.63, 3.8) is 0 Å². The van der Waals surface area contributed by atoms with Gasteiger partial charge < -0.3 is 9.47 Å². The van der Waals surface area contributed by atoms with Crippen LogP contribution in [0.5, 0.6) is 0 Å². The topological polar surface area (TPSA) is 96.5 Å². The summed E-state index contributed by atoms with van der Waals surface area (Å²) < 4.78 is 8.67. The Morgan fingerprint density at radius 1 is 1.09 bits per heavy atom. The van der Waals surface area contributed by atoms with Gasteiger partial charge >= 0.3 is 11.9 Å². The highest BCUT2D eigenvalue weighted by Gasteiger charge is 2.59. The van der Waals surface area contributed by atoms with E-state index >= 15 is 0 Å². The van der Waals surface area contributed by atoms with Gasteiger partial charge in [-0.1, -0.05) is 0 Å². The molecule has 11 heavy (non-hydrogen) atoms. The molecule has 0 aliphatic carbocycles. The third-order valence-corrected chi connectivity index (χ3v) is 1.36. The van der Waals surface area contributed by atoms with Gasteiger partial charge in [-0.25, -0.2) is 20.4 Å². The van der Waals surface area contributed by atoms with Crippen LogP contribution in [0.1, 0.15) is 0 Å². The molecule has 1 rings (SSSR count). The first-order valence-electron chi connectivity index (χ1n) is 2.88. The first kappa shape index (κ1) is 7.96. The van der Waals surface area contributed by atoms with Crippen LogP contribution in [0.4, 0.5) is 0 Å². The summed E-state index contributed by atoms with van der Waals surface area (Å²) in [5.41, 5.74) is 3.25. The molecule has 0 aromatic rings. The smallest absolute Gasteiger partial charge is 0.355 e. The number of nitrogens with one attached hydrogen (secondary N) is 2. The average molecular weight is 160 g/mol. The van der Waals surface area contributed by atoms with E-state index in [9.17, 15) is 9.59 Å². The van der Waals surface area contributed by atoms with Crippen molar-refractivity contribution in [3.05, 3.63) is 0 Å². The van der Waals surface area contributed by atoms with Gasteiger partial charge in [0.1, 0.15) is 0 Å². The third kappa shape index (κ3) is 1.06. The second kappa shape index (κ2) is 2.48. The molecule has 2 N–H and O–H groups in total. The number of carbonyl (C=O) groups excluding carboxylic acids is 2. The van der Waals surface area contributed by atoms with Gasteiger partial charge in [0.25, 0.3) is 5.66 Å². The molecule has 0 amide bonds. The minimum absolute atomic E-state index is 0.704. The second-order valence-electron chi connectivity index (χ2n) is 1.98. The summed E-state index contributed by atoms with van der Waals surface area (Å²) in [6.45, 7) is 0. The minimum Gasteiger partial charge on any atom is -0.466 e. The van der Waals surface area contributed by atoms with Gasteiger partial charge in [-0.3, -0.25) is 0 Å². The van der Waals surface area contributed by atoms with Crippen LogP contribution in [0.25, 0.3) is 0 Å². The largest absolute Gasteiger partial charge is 0.466 e. The molecular formula is C5H8N2O4. The quantitative estimate of drug-likeness (QED) is 0.279. The van der Waals surface area contributed by atoms with Crippen LogP contribution >= 0.6 is 0 Å². The van der Waals surface area contributed by atoms with Crippen LogP contribution in [0, 0.1) is 0 Å². The zero-order valence-corrected chi connectivity index (χ0v) is 6.13. The Morgan fingerprint density at radius 2 is 1.45 bits per heavy atom. The van der Waals surface area contributed by atoms with Gasteiger partial charge in [0.2, 0.25) is 0 Å². The number of carbonyl (C=O) groups is 2. The molecule has 0 saturated carbocycles. The summed E-state index contributed by atoms with van der Waals surface area (Å²) in [4.78, 5) is 21.7. The number of hydrogen-bond acceptors (Lipinski definition) is 6. The molecule has 62 valence electrons. The lowest BCUT2D eigenvalue weighted by molar-refractivity contribution is -0.156. The Bertz CT molecular complexity index is 181. The maximum Gasteiger partial charge on any atom is 0.355 e. The van der Waals surface area contributed by atoms with Crippen molar-refractivity contribution in [2.24, 2.45) is 0 Å². The first-order chi connectivity index (χ1) is 5.17. The molecule has 1 heterocycles. The molecule has 1 aliphatic rings. The summed E-state index contributed by atoms with van der Waals surface area (Å²) in [7, 11) is 2.38. The van der Waals surface area contributed by atoms with Crippen LogP contribution in [-0.4, -0.2) is 31.8 Å². The predicted molar refractivity (Wildman–Crippen MR) is 33.0 cm³/mol. The van der Waals surface area contributed by atoms with Gasteiger partial charge in [-0.05, 0) is 0 Å². The first-order valence-corrected chi connectivity index (χ1v) is 2.88. The summed E-state index contributed by atoms with van der Waals surface area (Å²) in [6.07, 6.45) is 0. The van der Waals surface area contributed by atoms with Crippen molar-refractivity contribution < 1.29 is 19.1 Å². The van der Waals surface area contributed by atoms with E-state index in [2.05, 4.69) is 20.3 Å². The zero-order chi connectivity index (χ0) is 8.48. The maximum atomic E-state index is 10.8. The van der Waals surface area contributed by atoms with Gasteiger partial charge in [0.05, 0.1) is 14.2 Å². The lowest BCUT2D eigenvalue weighted by Crippen LogP contribution is -2.40. The Morgan fingerprint density at radius 3 is 1.64 bits per heavy atom. The van der Waals surface area contributed by atoms with E-state index in [1.54, 1.807) is 0 Å². The fraction of sp³-hybridized carbons (Fsp3) is 0.600. The number of esters is 2. The molecule has 0 radical (unpaired) electrons. The molecule has 6 nitrogen and oxygen atoms in total. The van der Waals surface area contributed by atoms with Crippen LogP contribution in [-0.2, 0) is 19.1 Å². The predicted octanol–water partition coefficient (Wildman–Crippen LogP) is -1.86. The van der Waals surface area contributed by atoms with Gasteiger partial charge in [0, 0.05) is 0 Å². The molecular weight excluding hydrogens is 152 g/mol. The van der Waals surface area contributed by atoms with Crippen molar-refractivity contribution in [1.29, 1.82) is 0 Å². The van der Waals surface area contributed by atoms with Gasteiger partial charge in [-0.2, -0.15) is 0 Å². The molecule has 0 aromatic carbocycles. The van der Waals surface area contributed by atoms with E-state index < -0.39 is 17.6 Å². The highest BCUT2D eigenvalue weighted by Crippen LogP contribution is 2.13. The van der Waals surface area contributed by atoms with Gasteiger partial charge in [0.15, 0.2) is 0 Å². The fourth-order valence-corrected chi connectivity index (χ4v) is 0.656. The number of methoxy groups -OCH3 is 2. The van der Waals surface area contributed by atoms with E-state index in [1.165, 1.54) is 14.2 Å². The third-order valence-electron chi connectivity index (χ3n) is 1.36. The SMILES string of the molecule is COC(=O)C1(C(=O)OC)NN1. The number of hydrazine groups is 1. The summed E-state index contributed by atoms with van der Waals surface area (Å²) in [5, 5.41) is 0. The molecule has 1 saturated heterocycles. The molecule has 0 unspecified atom stereocenters. The standard InChI is InChI=1S/C5H8N2O4/c1-10-3(8)5(6-7-5)4(9)11-2/h6-7H,1-2H3. The zero-order valence-electron chi connectivity index (χ0n) is 6.13. The number of ether oxygens (including phenoxy) is 2. The van der Waals surface area contributed by atoms with Crippen molar-refractivity contribution in [1.82, 2.24) is 10.9 Å². The van der Waals surface area contributed by atoms with Crippen LogP contribution < -0.4 is 10.9 Å². The molecule has 0 aromatic heterocycles. The van der Waals surface area contributed by atoms with Gasteiger partial charge in [-0.15, -0.1) is 0 Å². The molecule has 0 spiro atoms. The van der Waals surface area contributed by atoms with Crippen molar-refractivity contribution in [3.8, 4) is 0 Å². The monoisotopic (exact) mass is 160 g/mol. The van der Waals surface area contributed by atoms with Crippen molar-refractivity contribution in [2.45, 2.75) is 5.66 Å². The van der Waals surface area contributed by atoms with E-state index in [-0.39, 0.29) is 0 Å². The molecule has 0 atom stereocenters. The molecule has 1 fully saturated rings. The molecule has 0 bridgehead atoms. The van der Waals surface area contributed by atoms with E-state index in [1.807, 2.05) is 0 Å². The van der Waals surface area contributed by atoms with Crippen molar-refractivity contribution in [2.75, 3.05) is 14.2 Å². The molecule has 6 heteroatoms. The average Bonchev–Trinajstić information content (AvgIpc) is 2.82. The Labute approximate surface area is 62.8 Å². The van der Waals surface area contributed by atoms with Crippen molar-refractivity contribution >= 4 is 11.9 Å². The summed E-state index contributed by atoms with van der Waals surface area (Å²) >= 11 is 0. The van der Waals surface area contributed by atoms with E-state index in [4.69, 9.17) is 0 Å². The highest BCUT2D eigenvalue weighted by atomic mass is 16.6. The summed E-state index contributed by atoms with van der Waals surface area (Å²) in [5.74, 6) is -1.41. The normalized spacial score (nSPS) is 18.7. The summed E-state index contributed by atoms with van der Waals surface area (Å²) in [6, 6.07) is 0. The fourth-order valence-electron chi connectivity index (χ4n) is 0.656. The lowest BCUT2D eigenvalue weighted by Gasteiger charge is -2.05. The Balaban J connectivity index is 2.67. The minimum atomic E-state index is -1.45. The number of rotatable bonds is 2. The highest BCUT2D eigenvalue weighted by molar-refractivity contribution is 6.06. The van der Waals surface area contributed by atoms with E-state index in [0.717, 1.165) is 0 Å². The second-order valence-corrected chi connectivity index (χ2v) is 1.98. The number of hydrogen-bond donors (Lipinski definition) is 2. The Hall–Kier alpha value is -1.14. The van der Waals surface area contributed by atoms with Crippen LogP contribution in [0.15, 0.2) is 0 Å².